The van der Waals surface area contributed by atoms with E-state index in [4.69, 9.17) is 9.47 Å². The summed E-state index contributed by atoms with van der Waals surface area (Å²) in [7, 11) is 3.00. The molecule has 2 amide bonds. The number of methoxy groups -OCH3 is 2. The molecule has 0 radical (unpaired) electrons. The molecule has 25 heavy (non-hydrogen) atoms. The molecule has 0 aliphatic carbocycles. The molecule has 0 unspecified atom stereocenters. The quantitative estimate of drug-likeness (QED) is 0.612. The number of amides is 2. The number of thioether (sulfide) groups is 1. The summed E-state index contributed by atoms with van der Waals surface area (Å²) in [5, 5.41) is -0.359. The van der Waals surface area contributed by atoms with Gasteiger partial charge < -0.3 is 9.47 Å². The van der Waals surface area contributed by atoms with E-state index in [1.165, 1.54) is 26.0 Å². The lowest BCUT2D eigenvalue weighted by Gasteiger charge is -2.13. The maximum absolute atomic E-state index is 12.2. The highest BCUT2D eigenvalue weighted by Crippen LogP contribution is 2.23. The molecule has 0 saturated carbocycles. The first kappa shape index (κ1) is 18.7. The lowest BCUT2D eigenvalue weighted by atomic mass is 10.2. The first-order valence-electron chi connectivity index (χ1n) is 7.58. The van der Waals surface area contributed by atoms with Crippen molar-refractivity contribution in [2.75, 3.05) is 14.2 Å². The Bertz CT molecular complexity index is 715. The molecule has 0 aliphatic rings. The van der Waals surface area contributed by atoms with Gasteiger partial charge in [0.25, 0.3) is 11.8 Å². The third kappa shape index (κ3) is 5.42. The molecule has 0 aliphatic heterocycles. The van der Waals surface area contributed by atoms with E-state index in [1.54, 1.807) is 25.1 Å². The lowest BCUT2D eigenvalue weighted by molar-refractivity contribution is -0.121. The van der Waals surface area contributed by atoms with Gasteiger partial charge in [0.15, 0.2) is 0 Å². The zero-order valence-corrected chi connectivity index (χ0v) is 15.1. The Kier molecular flexibility index (Phi) is 6.71. The molecule has 0 heterocycles. The van der Waals surface area contributed by atoms with E-state index in [9.17, 15) is 9.59 Å². The van der Waals surface area contributed by atoms with Gasteiger partial charge in [-0.25, -0.2) is 0 Å². The van der Waals surface area contributed by atoms with Crippen LogP contribution in [-0.2, 0) is 4.79 Å². The number of hydrazine groups is 1. The van der Waals surface area contributed by atoms with Crippen molar-refractivity contribution in [1.29, 1.82) is 0 Å². The Labute approximate surface area is 150 Å². The average Bonchev–Trinajstić information content (AvgIpc) is 2.65. The van der Waals surface area contributed by atoms with Crippen molar-refractivity contribution < 1.29 is 19.1 Å². The van der Waals surface area contributed by atoms with Crippen LogP contribution in [0.4, 0.5) is 0 Å². The number of carbonyl (C=O) groups excluding carboxylic acids is 2. The minimum Gasteiger partial charge on any atom is -0.497 e. The number of nitrogens with one attached hydrogen (secondary N) is 2. The summed E-state index contributed by atoms with van der Waals surface area (Å²) < 4.78 is 10.3. The van der Waals surface area contributed by atoms with Crippen LogP contribution in [-0.4, -0.2) is 31.3 Å². The Balaban J connectivity index is 1.93. The summed E-state index contributed by atoms with van der Waals surface area (Å²) in [5.41, 5.74) is 5.16. The number of rotatable bonds is 6. The summed E-state index contributed by atoms with van der Waals surface area (Å²) in [6.07, 6.45) is 0. The van der Waals surface area contributed by atoms with Crippen molar-refractivity contribution in [1.82, 2.24) is 10.9 Å². The van der Waals surface area contributed by atoms with Crippen molar-refractivity contribution >= 4 is 23.6 Å². The van der Waals surface area contributed by atoms with Gasteiger partial charge >= 0.3 is 0 Å². The number of ether oxygens (including phenoxy) is 2. The summed E-state index contributed by atoms with van der Waals surface area (Å²) in [4.78, 5) is 25.3. The Hall–Kier alpha value is -2.67. The van der Waals surface area contributed by atoms with E-state index >= 15 is 0 Å². The number of benzene rings is 2. The van der Waals surface area contributed by atoms with Gasteiger partial charge in [-0.3, -0.25) is 20.4 Å². The minimum atomic E-state index is -0.456. The monoisotopic (exact) mass is 360 g/mol. The van der Waals surface area contributed by atoms with Crippen LogP contribution in [0.3, 0.4) is 0 Å². The van der Waals surface area contributed by atoms with Crippen LogP contribution >= 0.6 is 11.8 Å². The first-order valence-corrected chi connectivity index (χ1v) is 8.46. The van der Waals surface area contributed by atoms with Crippen LogP contribution in [0.1, 0.15) is 17.3 Å². The second-order valence-electron chi connectivity index (χ2n) is 5.12. The zero-order chi connectivity index (χ0) is 18.2. The molecular formula is C18H20N2O4S. The maximum atomic E-state index is 12.2. The van der Waals surface area contributed by atoms with Crippen molar-refractivity contribution in [3.63, 3.8) is 0 Å². The van der Waals surface area contributed by atoms with E-state index in [-0.39, 0.29) is 11.2 Å². The van der Waals surface area contributed by atoms with Gasteiger partial charge in [-0.05, 0) is 31.2 Å². The molecule has 0 fully saturated rings. The van der Waals surface area contributed by atoms with Crippen LogP contribution in [0.2, 0.25) is 0 Å². The van der Waals surface area contributed by atoms with Crippen molar-refractivity contribution in [2.45, 2.75) is 17.1 Å². The largest absolute Gasteiger partial charge is 0.497 e. The van der Waals surface area contributed by atoms with Crippen LogP contribution in [0, 0.1) is 0 Å². The Morgan fingerprint density at radius 2 is 1.56 bits per heavy atom. The van der Waals surface area contributed by atoms with Crippen molar-refractivity contribution in [3.8, 4) is 11.5 Å². The standard InChI is InChI=1S/C18H20N2O4S/c1-12(25-16-7-5-4-6-8-16)17(21)19-20-18(22)13-9-14(23-2)11-15(10-13)24-3/h4-12H,1-3H3,(H,19,21)(H,20,22)/t12-/m1/s1. The summed E-state index contributed by atoms with van der Waals surface area (Å²) >= 11 is 1.41. The average molecular weight is 360 g/mol. The molecule has 0 spiro atoms. The normalized spacial score (nSPS) is 11.3. The molecule has 2 N–H and O–H groups in total. The highest BCUT2D eigenvalue weighted by molar-refractivity contribution is 8.00. The van der Waals surface area contributed by atoms with Crippen molar-refractivity contribution in [2.24, 2.45) is 0 Å². The fourth-order valence-electron chi connectivity index (χ4n) is 1.99. The zero-order valence-electron chi connectivity index (χ0n) is 14.2. The molecule has 6 nitrogen and oxygen atoms in total. The van der Waals surface area contributed by atoms with E-state index < -0.39 is 5.91 Å². The predicted molar refractivity (Wildman–Crippen MR) is 96.9 cm³/mol. The molecule has 2 aromatic rings. The first-order chi connectivity index (χ1) is 12.0. The molecule has 1 atom stereocenters. The summed E-state index contributed by atoms with van der Waals surface area (Å²) in [6.45, 7) is 1.77. The second-order valence-corrected chi connectivity index (χ2v) is 6.53. The van der Waals surface area contributed by atoms with Crippen LogP contribution in [0.5, 0.6) is 11.5 Å². The van der Waals surface area contributed by atoms with E-state index in [2.05, 4.69) is 10.9 Å². The molecular weight excluding hydrogens is 340 g/mol. The topological polar surface area (TPSA) is 76.7 Å². The fraction of sp³-hybridized carbons (Fsp3) is 0.222. The molecule has 0 bridgehead atoms. The third-order valence-corrected chi connectivity index (χ3v) is 4.45. The van der Waals surface area contributed by atoms with E-state index in [0.29, 0.717) is 17.1 Å². The number of hydrogen-bond acceptors (Lipinski definition) is 5. The van der Waals surface area contributed by atoms with E-state index in [1.807, 2.05) is 30.3 Å². The smallest absolute Gasteiger partial charge is 0.269 e. The third-order valence-electron chi connectivity index (χ3n) is 3.34. The highest BCUT2D eigenvalue weighted by Gasteiger charge is 2.16. The molecule has 0 saturated heterocycles. The van der Waals surface area contributed by atoms with E-state index in [0.717, 1.165) is 4.90 Å². The molecule has 132 valence electrons. The van der Waals surface area contributed by atoms with Crippen LogP contribution in [0.15, 0.2) is 53.4 Å². The van der Waals surface area contributed by atoms with Gasteiger partial charge in [-0.2, -0.15) is 0 Å². The van der Waals surface area contributed by atoms with Gasteiger partial charge in [0.1, 0.15) is 11.5 Å². The van der Waals surface area contributed by atoms with Crippen LogP contribution in [0.25, 0.3) is 0 Å². The Morgan fingerprint density at radius 3 is 2.12 bits per heavy atom. The number of hydrogen-bond donors (Lipinski definition) is 2. The fourth-order valence-corrected chi connectivity index (χ4v) is 2.88. The summed E-state index contributed by atoms with van der Waals surface area (Å²) in [5.74, 6) is 0.229. The van der Waals surface area contributed by atoms with Gasteiger partial charge in [-0.1, -0.05) is 18.2 Å². The molecule has 7 heteroatoms. The van der Waals surface area contributed by atoms with Gasteiger partial charge in [0.05, 0.1) is 19.5 Å². The Morgan fingerprint density at radius 1 is 0.960 bits per heavy atom. The van der Waals surface area contributed by atoms with Crippen LogP contribution < -0.4 is 20.3 Å². The highest BCUT2D eigenvalue weighted by atomic mass is 32.2. The SMILES string of the molecule is COc1cc(OC)cc(C(=O)NNC(=O)[C@@H](C)Sc2ccccc2)c1. The number of carbonyl (C=O) groups is 2. The maximum Gasteiger partial charge on any atom is 0.269 e. The van der Waals surface area contributed by atoms with Gasteiger partial charge in [0, 0.05) is 16.5 Å². The minimum absolute atomic E-state index is 0.294. The van der Waals surface area contributed by atoms with Crippen molar-refractivity contribution in [3.05, 3.63) is 54.1 Å². The lowest BCUT2D eigenvalue weighted by Crippen LogP contribution is -2.44. The molecule has 2 rings (SSSR count). The van der Waals surface area contributed by atoms with Gasteiger partial charge in [0.2, 0.25) is 0 Å². The molecule has 0 aromatic heterocycles. The summed E-state index contributed by atoms with van der Waals surface area (Å²) in [6, 6.07) is 14.4. The van der Waals surface area contributed by atoms with Gasteiger partial charge in [-0.15, -0.1) is 11.8 Å². The second kappa shape index (κ2) is 8.98. The molecule has 2 aromatic carbocycles. The predicted octanol–water partition coefficient (Wildman–Crippen LogP) is 2.65.